The van der Waals surface area contributed by atoms with E-state index < -0.39 is 5.91 Å². The zero-order valence-electron chi connectivity index (χ0n) is 10.4. The molecule has 5 nitrogen and oxygen atoms in total. The summed E-state index contributed by atoms with van der Waals surface area (Å²) in [7, 11) is 0. The van der Waals surface area contributed by atoms with Crippen molar-refractivity contribution in [3.63, 3.8) is 0 Å². The molecule has 19 heavy (non-hydrogen) atoms. The molecule has 2 aromatic rings. The van der Waals surface area contributed by atoms with Crippen molar-refractivity contribution in [2.75, 3.05) is 0 Å². The van der Waals surface area contributed by atoms with E-state index in [4.69, 9.17) is 5.73 Å². The molecule has 0 saturated carbocycles. The largest absolute Gasteiger partial charge is 0.364 e. The Hall–Kier alpha value is -2.56. The molecule has 0 fully saturated rings. The third-order valence-corrected chi connectivity index (χ3v) is 3.12. The molecule has 0 bridgehead atoms. The highest BCUT2D eigenvalue weighted by Crippen LogP contribution is 2.25. The second-order valence-corrected chi connectivity index (χ2v) is 4.42. The Bertz CT molecular complexity index is 689. The molecule has 1 aromatic heterocycles. The Morgan fingerprint density at radius 1 is 1.21 bits per heavy atom. The molecule has 0 atom stereocenters. The fourth-order valence-corrected chi connectivity index (χ4v) is 2.12. The maximum atomic E-state index is 11.3. The first-order valence-corrected chi connectivity index (χ1v) is 5.92. The molecule has 1 aliphatic rings. The van der Waals surface area contributed by atoms with Crippen LogP contribution in [0.2, 0.25) is 0 Å². The van der Waals surface area contributed by atoms with E-state index in [2.05, 4.69) is 15.0 Å². The van der Waals surface area contributed by atoms with Gasteiger partial charge in [-0.25, -0.2) is 9.97 Å². The van der Waals surface area contributed by atoms with E-state index in [0.717, 1.165) is 28.1 Å². The fraction of sp³-hybridized carbons (Fsp3) is 0.143. The van der Waals surface area contributed by atoms with E-state index in [-0.39, 0.29) is 0 Å². The molecule has 3 rings (SSSR count). The first kappa shape index (κ1) is 11.5. The molecular formula is C14H12N4O. The summed E-state index contributed by atoms with van der Waals surface area (Å²) in [6.07, 6.45) is 3.53. The van der Waals surface area contributed by atoms with Gasteiger partial charge in [-0.15, -0.1) is 0 Å². The Balaban J connectivity index is 2.07. The van der Waals surface area contributed by atoms with Gasteiger partial charge in [0.05, 0.1) is 6.54 Å². The van der Waals surface area contributed by atoms with Gasteiger partial charge >= 0.3 is 0 Å². The Morgan fingerprint density at radius 3 is 2.63 bits per heavy atom. The van der Waals surface area contributed by atoms with Crippen LogP contribution in [0.3, 0.4) is 0 Å². The third kappa shape index (κ3) is 1.99. The maximum Gasteiger partial charge on any atom is 0.267 e. The summed E-state index contributed by atoms with van der Waals surface area (Å²) >= 11 is 0. The molecule has 1 amide bonds. The zero-order valence-corrected chi connectivity index (χ0v) is 10.4. The van der Waals surface area contributed by atoms with Gasteiger partial charge in [0.2, 0.25) is 0 Å². The van der Waals surface area contributed by atoms with E-state index in [1.54, 1.807) is 12.4 Å². The number of rotatable bonds is 2. The van der Waals surface area contributed by atoms with Gasteiger partial charge in [0, 0.05) is 23.5 Å². The van der Waals surface area contributed by atoms with Crippen LogP contribution in [-0.4, -0.2) is 21.6 Å². The van der Waals surface area contributed by atoms with Crippen LogP contribution in [0.4, 0.5) is 0 Å². The minimum Gasteiger partial charge on any atom is -0.364 e. The van der Waals surface area contributed by atoms with Gasteiger partial charge in [0.1, 0.15) is 11.5 Å². The van der Waals surface area contributed by atoms with Crippen LogP contribution in [0.25, 0.3) is 11.1 Å². The first-order valence-electron chi connectivity index (χ1n) is 5.92. The van der Waals surface area contributed by atoms with Gasteiger partial charge in [-0.2, -0.15) is 0 Å². The molecule has 94 valence electrons. The number of nitrogens with two attached hydrogens (primary N) is 1. The molecule has 2 heterocycles. The number of hydrogen-bond acceptors (Lipinski definition) is 4. The van der Waals surface area contributed by atoms with Crippen LogP contribution in [0, 0.1) is 6.92 Å². The van der Waals surface area contributed by atoms with E-state index in [0.29, 0.717) is 12.3 Å². The van der Waals surface area contributed by atoms with Crippen LogP contribution in [0.5, 0.6) is 0 Å². The number of hydrogen-bond donors (Lipinski definition) is 1. The maximum absolute atomic E-state index is 11.3. The third-order valence-electron chi connectivity index (χ3n) is 3.12. The summed E-state index contributed by atoms with van der Waals surface area (Å²) in [6.45, 7) is 2.35. The molecule has 1 aliphatic heterocycles. The number of amides is 1. The molecular weight excluding hydrogens is 240 g/mol. The predicted octanol–water partition coefficient (Wildman–Crippen LogP) is 1.24. The van der Waals surface area contributed by atoms with Gasteiger partial charge in [-0.1, -0.05) is 12.1 Å². The SMILES string of the molecule is Cc1ncc(-c2ccc3c(c2)C(C(N)=O)=NC3)cn1. The number of primary amides is 1. The average Bonchev–Trinajstić information content (AvgIpc) is 2.82. The number of carbonyl (C=O) groups excluding carboxylic acids is 1. The number of benzene rings is 1. The highest BCUT2D eigenvalue weighted by Gasteiger charge is 2.20. The topological polar surface area (TPSA) is 81.2 Å². The summed E-state index contributed by atoms with van der Waals surface area (Å²) in [5, 5.41) is 0. The summed E-state index contributed by atoms with van der Waals surface area (Å²) in [5.41, 5.74) is 9.37. The molecule has 0 aliphatic carbocycles. The van der Waals surface area contributed by atoms with Crippen LogP contribution in [0.15, 0.2) is 35.6 Å². The minimum absolute atomic E-state index is 0.352. The van der Waals surface area contributed by atoms with E-state index in [1.807, 2.05) is 25.1 Å². The molecule has 0 spiro atoms. The lowest BCUT2D eigenvalue weighted by Crippen LogP contribution is -2.22. The summed E-state index contributed by atoms with van der Waals surface area (Å²) in [4.78, 5) is 23.8. The molecule has 0 radical (unpaired) electrons. The van der Waals surface area contributed by atoms with Crippen LogP contribution in [0.1, 0.15) is 17.0 Å². The highest BCUT2D eigenvalue weighted by molar-refractivity contribution is 6.45. The number of aliphatic imine (C=N–C) groups is 1. The van der Waals surface area contributed by atoms with Gasteiger partial charge < -0.3 is 5.73 Å². The van der Waals surface area contributed by atoms with Crippen molar-refractivity contribution in [1.82, 2.24) is 9.97 Å². The number of aryl methyl sites for hydroxylation is 1. The lowest BCUT2D eigenvalue weighted by Gasteiger charge is -2.05. The second kappa shape index (κ2) is 4.28. The number of carbonyl (C=O) groups is 1. The predicted molar refractivity (Wildman–Crippen MR) is 71.6 cm³/mol. The van der Waals surface area contributed by atoms with Crippen molar-refractivity contribution in [2.24, 2.45) is 10.7 Å². The molecule has 0 unspecified atom stereocenters. The zero-order chi connectivity index (χ0) is 13.4. The van der Waals surface area contributed by atoms with Crippen molar-refractivity contribution in [3.05, 3.63) is 47.5 Å². The smallest absolute Gasteiger partial charge is 0.267 e. The average molecular weight is 252 g/mol. The Labute approximate surface area is 110 Å². The normalized spacial score (nSPS) is 13.0. The Morgan fingerprint density at radius 2 is 1.95 bits per heavy atom. The van der Waals surface area contributed by atoms with Crippen molar-refractivity contribution in [1.29, 1.82) is 0 Å². The van der Waals surface area contributed by atoms with Gasteiger partial charge in [0.25, 0.3) is 5.91 Å². The van der Waals surface area contributed by atoms with Gasteiger partial charge in [-0.05, 0) is 24.1 Å². The van der Waals surface area contributed by atoms with E-state index >= 15 is 0 Å². The molecule has 5 heteroatoms. The number of aromatic nitrogens is 2. The van der Waals surface area contributed by atoms with Crippen molar-refractivity contribution < 1.29 is 4.79 Å². The quantitative estimate of drug-likeness (QED) is 0.873. The Kier molecular flexibility index (Phi) is 2.59. The lowest BCUT2D eigenvalue weighted by molar-refractivity contribution is -0.111. The summed E-state index contributed by atoms with van der Waals surface area (Å²) in [5.74, 6) is 0.236. The molecule has 1 aromatic carbocycles. The standard InChI is InChI=1S/C14H12N4O/c1-8-16-6-11(7-17-8)9-2-3-10-5-18-13(14(15)19)12(10)4-9/h2-4,6-7H,5H2,1H3,(H2,15,19). The fourth-order valence-electron chi connectivity index (χ4n) is 2.12. The van der Waals surface area contributed by atoms with Crippen LogP contribution >= 0.6 is 0 Å². The monoisotopic (exact) mass is 252 g/mol. The van der Waals surface area contributed by atoms with Crippen LogP contribution in [-0.2, 0) is 11.3 Å². The van der Waals surface area contributed by atoms with Crippen molar-refractivity contribution >= 4 is 11.6 Å². The number of nitrogens with zero attached hydrogens (tertiary/aromatic N) is 3. The van der Waals surface area contributed by atoms with E-state index in [9.17, 15) is 4.79 Å². The second-order valence-electron chi connectivity index (χ2n) is 4.42. The lowest BCUT2D eigenvalue weighted by atomic mass is 9.99. The highest BCUT2D eigenvalue weighted by atomic mass is 16.1. The summed E-state index contributed by atoms with van der Waals surface area (Å²) < 4.78 is 0. The molecule has 0 saturated heterocycles. The number of fused-ring (bicyclic) bond motifs is 1. The first-order chi connectivity index (χ1) is 9.15. The van der Waals surface area contributed by atoms with Crippen LogP contribution < -0.4 is 5.73 Å². The van der Waals surface area contributed by atoms with Gasteiger partial charge in [0.15, 0.2) is 0 Å². The minimum atomic E-state index is -0.490. The van der Waals surface area contributed by atoms with Crippen molar-refractivity contribution in [3.8, 4) is 11.1 Å². The van der Waals surface area contributed by atoms with Crippen molar-refractivity contribution in [2.45, 2.75) is 13.5 Å². The van der Waals surface area contributed by atoms with Gasteiger partial charge in [-0.3, -0.25) is 9.79 Å². The molecule has 2 N–H and O–H groups in total. The van der Waals surface area contributed by atoms with E-state index in [1.165, 1.54) is 0 Å². The summed E-state index contributed by atoms with van der Waals surface area (Å²) in [6, 6.07) is 5.86.